The molecule has 9 heteroatoms. The van der Waals surface area contributed by atoms with Gasteiger partial charge in [-0.25, -0.2) is 9.97 Å². The molecule has 1 fully saturated rings. The van der Waals surface area contributed by atoms with Gasteiger partial charge in [-0.3, -0.25) is 4.79 Å². The van der Waals surface area contributed by atoms with Crippen LogP contribution < -0.4 is 4.74 Å². The summed E-state index contributed by atoms with van der Waals surface area (Å²) in [6.07, 6.45) is -2.44. The molecule has 0 saturated carbocycles. The molecule has 0 radical (unpaired) electrons. The van der Waals surface area contributed by atoms with Crippen molar-refractivity contribution in [2.45, 2.75) is 31.5 Å². The number of amides is 1. The third-order valence-corrected chi connectivity index (χ3v) is 3.15. The van der Waals surface area contributed by atoms with E-state index in [1.165, 1.54) is 12.4 Å². The molecule has 0 aliphatic carbocycles. The van der Waals surface area contributed by atoms with Gasteiger partial charge >= 0.3 is 12.2 Å². The molecule has 2 rings (SSSR count). The molecule has 1 aromatic rings. The maximum Gasteiger partial charge on any atom is 0.397 e. The fraction of sp³-hybridized carbons (Fsp3) is 0.583. The van der Waals surface area contributed by atoms with Crippen molar-refractivity contribution in [2.75, 3.05) is 13.1 Å². The van der Waals surface area contributed by atoms with E-state index in [1.54, 1.807) is 0 Å². The van der Waals surface area contributed by atoms with Gasteiger partial charge in [-0.2, -0.15) is 13.2 Å². The number of hydrogen-bond acceptors (Lipinski definition) is 4. The number of halogens is 4. The first-order valence-electron chi connectivity index (χ1n) is 6.32. The second-order valence-corrected chi connectivity index (χ2v) is 5.13. The van der Waals surface area contributed by atoms with E-state index in [9.17, 15) is 18.0 Å². The maximum atomic E-state index is 12.2. The first kappa shape index (κ1) is 15.8. The van der Waals surface area contributed by atoms with E-state index in [0.29, 0.717) is 24.4 Å². The molecule has 0 spiro atoms. The predicted octanol–water partition coefficient (Wildman–Crippen LogP) is 2.45. The van der Waals surface area contributed by atoms with E-state index in [-0.39, 0.29) is 12.6 Å². The summed E-state index contributed by atoms with van der Waals surface area (Å²) in [4.78, 5) is 20.4. The second kappa shape index (κ2) is 6.46. The minimum atomic E-state index is -4.50. The molecule has 0 bridgehead atoms. The van der Waals surface area contributed by atoms with Gasteiger partial charge in [0.1, 0.15) is 12.5 Å². The highest BCUT2D eigenvalue weighted by Crippen LogP contribution is 2.23. The number of alkyl halides is 3. The van der Waals surface area contributed by atoms with Gasteiger partial charge in [0.2, 0.25) is 5.91 Å². The zero-order valence-electron chi connectivity index (χ0n) is 10.9. The lowest BCUT2D eigenvalue weighted by Gasteiger charge is -2.32. The molecule has 5 nitrogen and oxygen atoms in total. The number of rotatable bonds is 3. The number of carbonyl (C=O) groups excluding carboxylic acids is 1. The van der Waals surface area contributed by atoms with Crippen LogP contribution in [-0.4, -0.2) is 46.1 Å². The zero-order chi connectivity index (χ0) is 15.5. The lowest BCUT2D eigenvalue weighted by molar-refractivity contribution is -0.163. The van der Waals surface area contributed by atoms with Gasteiger partial charge in [0.05, 0.1) is 24.0 Å². The highest BCUT2D eigenvalue weighted by Gasteiger charge is 2.35. The Morgan fingerprint density at radius 2 is 2.10 bits per heavy atom. The minimum Gasteiger partial charge on any atom is -0.458 e. The normalized spacial score (nSPS) is 19.4. The Balaban J connectivity index is 1.91. The van der Waals surface area contributed by atoms with E-state index in [4.69, 9.17) is 16.3 Å². The van der Waals surface area contributed by atoms with Gasteiger partial charge in [-0.15, -0.1) is 0 Å². The molecule has 1 aliphatic rings. The summed E-state index contributed by atoms with van der Waals surface area (Å²) in [6, 6.07) is 0.0921. The molecule has 1 aliphatic heterocycles. The number of hydrogen-bond donors (Lipinski definition) is 0. The SMILES string of the molecule is O=C(CC(F)(F)F)N1CCC[C@@H](Oc2ncc(Cl)cn2)C1. The van der Waals surface area contributed by atoms with Crippen LogP contribution in [0.4, 0.5) is 13.2 Å². The van der Waals surface area contributed by atoms with Crippen LogP contribution in [0.15, 0.2) is 12.4 Å². The number of ether oxygens (including phenoxy) is 1. The van der Waals surface area contributed by atoms with Crippen LogP contribution in [0.5, 0.6) is 6.01 Å². The smallest absolute Gasteiger partial charge is 0.397 e. The van der Waals surface area contributed by atoms with Crippen molar-refractivity contribution in [2.24, 2.45) is 0 Å². The predicted molar refractivity (Wildman–Crippen MR) is 67.9 cm³/mol. The fourth-order valence-electron chi connectivity index (χ4n) is 2.05. The van der Waals surface area contributed by atoms with Crippen LogP contribution in [0, 0.1) is 0 Å². The third kappa shape index (κ3) is 5.04. The Morgan fingerprint density at radius 1 is 1.43 bits per heavy atom. The van der Waals surface area contributed by atoms with E-state index in [1.807, 2.05) is 0 Å². The Bertz CT molecular complexity index is 496. The van der Waals surface area contributed by atoms with Crippen molar-refractivity contribution in [1.82, 2.24) is 14.9 Å². The molecule has 0 aromatic carbocycles. The van der Waals surface area contributed by atoms with Gasteiger partial charge in [0, 0.05) is 6.54 Å². The maximum absolute atomic E-state index is 12.2. The summed E-state index contributed by atoms with van der Waals surface area (Å²) in [6.45, 7) is 0.400. The number of likely N-dealkylation sites (tertiary alicyclic amines) is 1. The standard InChI is InChI=1S/C12H13ClF3N3O2/c13-8-5-17-11(18-6-8)21-9-2-1-3-19(7-9)10(20)4-12(14,15)16/h5-6,9H,1-4,7H2/t9-/m1/s1. The van der Waals surface area contributed by atoms with Crippen LogP contribution in [0.3, 0.4) is 0 Å². The minimum absolute atomic E-state index is 0.0921. The van der Waals surface area contributed by atoms with Crippen molar-refractivity contribution < 1.29 is 22.7 Å². The summed E-state index contributed by atoms with van der Waals surface area (Å²) in [5, 5.41) is 0.355. The molecule has 2 heterocycles. The van der Waals surface area contributed by atoms with E-state index < -0.39 is 24.6 Å². The average molecular weight is 324 g/mol. The van der Waals surface area contributed by atoms with Crippen LogP contribution >= 0.6 is 11.6 Å². The van der Waals surface area contributed by atoms with E-state index >= 15 is 0 Å². The summed E-state index contributed by atoms with van der Waals surface area (Å²) in [7, 11) is 0. The van der Waals surface area contributed by atoms with Crippen molar-refractivity contribution in [3.05, 3.63) is 17.4 Å². The Kier molecular flexibility index (Phi) is 4.87. The number of piperidine rings is 1. The number of carbonyl (C=O) groups is 1. The highest BCUT2D eigenvalue weighted by molar-refractivity contribution is 6.30. The molecule has 21 heavy (non-hydrogen) atoms. The summed E-state index contributed by atoms with van der Waals surface area (Å²) in [5.41, 5.74) is 0. The molecule has 0 N–H and O–H groups in total. The Morgan fingerprint density at radius 3 is 2.71 bits per heavy atom. The lowest BCUT2D eigenvalue weighted by Crippen LogP contribution is -2.45. The summed E-state index contributed by atoms with van der Waals surface area (Å²) in [5.74, 6) is -0.937. The molecule has 1 saturated heterocycles. The monoisotopic (exact) mass is 323 g/mol. The van der Waals surface area contributed by atoms with Crippen molar-refractivity contribution in [1.29, 1.82) is 0 Å². The molecular formula is C12H13ClF3N3O2. The Hall–Kier alpha value is -1.57. The lowest BCUT2D eigenvalue weighted by atomic mass is 10.1. The largest absolute Gasteiger partial charge is 0.458 e. The fourth-order valence-corrected chi connectivity index (χ4v) is 2.15. The van der Waals surface area contributed by atoms with Crippen molar-refractivity contribution >= 4 is 17.5 Å². The van der Waals surface area contributed by atoms with Gasteiger partial charge in [-0.1, -0.05) is 11.6 Å². The Labute approximate surface area is 124 Å². The first-order chi connectivity index (χ1) is 9.83. The zero-order valence-corrected chi connectivity index (χ0v) is 11.7. The molecular weight excluding hydrogens is 311 g/mol. The number of aromatic nitrogens is 2. The third-order valence-electron chi connectivity index (χ3n) is 2.95. The number of nitrogens with zero attached hydrogens (tertiary/aromatic N) is 3. The molecule has 1 aromatic heterocycles. The van der Waals surface area contributed by atoms with Crippen molar-refractivity contribution in [3.8, 4) is 6.01 Å². The van der Waals surface area contributed by atoms with Crippen LogP contribution in [0.25, 0.3) is 0 Å². The average Bonchev–Trinajstić information content (AvgIpc) is 2.40. The van der Waals surface area contributed by atoms with Crippen LogP contribution in [0.1, 0.15) is 19.3 Å². The van der Waals surface area contributed by atoms with Gasteiger partial charge in [0.15, 0.2) is 0 Å². The van der Waals surface area contributed by atoms with Gasteiger partial charge in [0.25, 0.3) is 0 Å². The van der Waals surface area contributed by atoms with Crippen LogP contribution in [-0.2, 0) is 4.79 Å². The van der Waals surface area contributed by atoms with Gasteiger partial charge in [-0.05, 0) is 12.8 Å². The molecule has 1 atom stereocenters. The summed E-state index contributed by atoms with van der Waals surface area (Å²) >= 11 is 5.64. The van der Waals surface area contributed by atoms with Gasteiger partial charge < -0.3 is 9.64 Å². The molecule has 116 valence electrons. The highest BCUT2D eigenvalue weighted by atomic mass is 35.5. The van der Waals surface area contributed by atoms with Crippen LogP contribution in [0.2, 0.25) is 5.02 Å². The topological polar surface area (TPSA) is 55.3 Å². The first-order valence-corrected chi connectivity index (χ1v) is 6.70. The molecule has 0 unspecified atom stereocenters. The molecule has 1 amide bonds. The second-order valence-electron chi connectivity index (χ2n) is 4.70. The van der Waals surface area contributed by atoms with E-state index in [0.717, 1.165) is 4.90 Å². The summed E-state index contributed by atoms with van der Waals surface area (Å²) < 4.78 is 42.2. The quantitative estimate of drug-likeness (QED) is 0.857. The van der Waals surface area contributed by atoms with Crippen molar-refractivity contribution in [3.63, 3.8) is 0 Å². The van der Waals surface area contributed by atoms with E-state index in [2.05, 4.69) is 9.97 Å².